The maximum absolute atomic E-state index is 13.3. The zero-order valence-corrected chi connectivity index (χ0v) is 15.0. The van der Waals surface area contributed by atoms with Crippen molar-refractivity contribution in [1.82, 2.24) is 19.7 Å². The van der Waals surface area contributed by atoms with Crippen LogP contribution in [0.4, 0.5) is 4.39 Å². The Morgan fingerprint density at radius 3 is 2.48 bits per heavy atom. The SMILES string of the molecule is O=c1c2ccccc2c(-c2nc(-c3cccnc3)no2)cn1-c1ccc(F)cc1. The van der Waals surface area contributed by atoms with Gasteiger partial charge in [0.2, 0.25) is 5.82 Å². The molecule has 0 spiro atoms. The molecular formula is C22H13FN4O2. The number of hydrogen-bond acceptors (Lipinski definition) is 5. The fourth-order valence-electron chi connectivity index (χ4n) is 3.20. The molecule has 29 heavy (non-hydrogen) atoms. The molecular weight excluding hydrogens is 371 g/mol. The molecule has 0 amide bonds. The average Bonchev–Trinajstić information content (AvgIpc) is 3.26. The zero-order valence-electron chi connectivity index (χ0n) is 15.0. The molecule has 5 rings (SSSR count). The lowest BCUT2D eigenvalue weighted by Crippen LogP contribution is -2.18. The van der Waals surface area contributed by atoms with E-state index in [4.69, 9.17) is 4.52 Å². The van der Waals surface area contributed by atoms with Gasteiger partial charge in [-0.05, 0) is 42.5 Å². The minimum Gasteiger partial charge on any atom is -0.334 e. The van der Waals surface area contributed by atoms with E-state index >= 15 is 0 Å². The third-order valence-corrected chi connectivity index (χ3v) is 4.61. The molecule has 7 heteroatoms. The van der Waals surface area contributed by atoms with E-state index in [2.05, 4.69) is 15.1 Å². The van der Waals surface area contributed by atoms with E-state index in [1.54, 1.807) is 48.9 Å². The van der Waals surface area contributed by atoms with E-state index < -0.39 is 0 Å². The van der Waals surface area contributed by atoms with Crippen molar-refractivity contribution in [3.05, 3.63) is 95.4 Å². The van der Waals surface area contributed by atoms with Crippen molar-refractivity contribution in [3.8, 4) is 28.5 Å². The standard InChI is InChI=1S/C22H13FN4O2/c23-15-7-9-16(10-8-15)27-13-19(17-5-1-2-6-18(17)22(27)28)21-25-20(26-29-21)14-4-3-11-24-12-14/h1-13H. The molecule has 0 fully saturated rings. The molecule has 140 valence electrons. The summed E-state index contributed by atoms with van der Waals surface area (Å²) in [4.78, 5) is 21.6. The Balaban J connectivity index is 1.74. The maximum atomic E-state index is 13.3. The van der Waals surface area contributed by atoms with Crippen molar-refractivity contribution in [3.63, 3.8) is 0 Å². The van der Waals surface area contributed by atoms with Crippen LogP contribution < -0.4 is 5.56 Å². The summed E-state index contributed by atoms with van der Waals surface area (Å²) in [6.45, 7) is 0. The molecule has 5 aromatic rings. The number of fused-ring (bicyclic) bond motifs is 1. The van der Waals surface area contributed by atoms with Crippen molar-refractivity contribution >= 4 is 10.8 Å². The van der Waals surface area contributed by atoms with Crippen LogP contribution in [-0.4, -0.2) is 19.7 Å². The van der Waals surface area contributed by atoms with Crippen molar-refractivity contribution in [2.24, 2.45) is 0 Å². The number of rotatable bonds is 3. The number of benzene rings is 2. The van der Waals surface area contributed by atoms with Gasteiger partial charge in [-0.1, -0.05) is 23.4 Å². The highest BCUT2D eigenvalue weighted by Crippen LogP contribution is 2.28. The molecule has 0 atom stereocenters. The predicted octanol–water partition coefficient (Wildman–Crippen LogP) is 4.24. The molecule has 3 heterocycles. The first kappa shape index (κ1) is 17.0. The summed E-state index contributed by atoms with van der Waals surface area (Å²) in [7, 11) is 0. The van der Waals surface area contributed by atoms with Gasteiger partial charge in [-0.15, -0.1) is 0 Å². The molecule has 3 aromatic heterocycles. The monoisotopic (exact) mass is 384 g/mol. The smallest absolute Gasteiger partial charge is 0.262 e. The van der Waals surface area contributed by atoms with Crippen LogP contribution in [0.15, 0.2) is 88.6 Å². The highest BCUT2D eigenvalue weighted by atomic mass is 19.1. The minimum atomic E-state index is -0.374. The van der Waals surface area contributed by atoms with Gasteiger partial charge < -0.3 is 4.52 Å². The number of hydrogen-bond donors (Lipinski definition) is 0. The average molecular weight is 384 g/mol. The lowest BCUT2D eigenvalue weighted by atomic mass is 10.1. The summed E-state index contributed by atoms with van der Waals surface area (Å²) in [6, 6.07) is 16.5. The Morgan fingerprint density at radius 1 is 0.931 bits per heavy atom. The molecule has 6 nitrogen and oxygen atoms in total. The molecule has 0 N–H and O–H groups in total. The van der Waals surface area contributed by atoms with Gasteiger partial charge in [-0.3, -0.25) is 14.3 Å². The van der Waals surface area contributed by atoms with Crippen LogP contribution in [0.1, 0.15) is 0 Å². The number of pyridine rings is 2. The van der Waals surface area contributed by atoms with Crippen molar-refractivity contribution < 1.29 is 8.91 Å². The third-order valence-electron chi connectivity index (χ3n) is 4.61. The van der Waals surface area contributed by atoms with Gasteiger partial charge in [-0.2, -0.15) is 4.98 Å². The third kappa shape index (κ3) is 2.98. The minimum absolute atomic E-state index is 0.219. The molecule has 0 aliphatic heterocycles. The number of nitrogens with zero attached hydrogens (tertiary/aromatic N) is 4. The van der Waals surface area contributed by atoms with Gasteiger partial charge in [0.25, 0.3) is 11.4 Å². The van der Waals surface area contributed by atoms with Gasteiger partial charge in [-0.25, -0.2) is 4.39 Å². The fraction of sp³-hybridized carbons (Fsp3) is 0. The molecule has 0 saturated heterocycles. The summed E-state index contributed by atoms with van der Waals surface area (Å²) in [5.41, 5.74) is 1.64. The first-order chi connectivity index (χ1) is 14.2. The van der Waals surface area contributed by atoms with Crippen LogP contribution in [0.2, 0.25) is 0 Å². The van der Waals surface area contributed by atoms with E-state index in [9.17, 15) is 9.18 Å². The van der Waals surface area contributed by atoms with Crippen molar-refractivity contribution in [2.75, 3.05) is 0 Å². The van der Waals surface area contributed by atoms with E-state index in [1.807, 2.05) is 18.2 Å². The van der Waals surface area contributed by atoms with E-state index in [0.29, 0.717) is 27.8 Å². The number of aromatic nitrogens is 4. The summed E-state index contributed by atoms with van der Waals surface area (Å²) >= 11 is 0. The maximum Gasteiger partial charge on any atom is 0.262 e. The van der Waals surface area contributed by atoms with Gasteiger partial charge >= 0.3 is 0 Å². The Labute approximate surface area is 163 Å². The predicted molar refractivity (Wildman–Crippen MR) is 106 cm³/mol. The normalized spacial score (nSPS) is 11.1. The molecule has 0 unspecified atom stereocenters. The van der Waals surface area contributed by atoms with E-state index in [0.717, 1.165) is 5.56 Å². The molecule has 0 bridgehead atoms. The summed E-state index contributed by atoms with van der Waals surface area (Å²) in [6.07, 6.45) is 4.95. The molecule has 0 saturated carbocycles. The topological polar surface area (TPSA) is 73.8 Å². The largest absolute Gasteiger partial charge is 0.334 e. The van der Waals surface area contributed by atoms with Crippen LogP contribution in [-0.2, 0) is 0 Å². The summed E-state index contributed by atoms with van der Waals surface area (Å²) in [5.74, 6) is 0.299. The van der Waals surface area contributed by atoms with Gasteiger partial charge in [0.15, 0.2) is 0 Å². The van der Waals surface area contributed by atoms with Crippen molar-refractivity contribution in [1.29, 1.82) is 0 Å². The highest BCUT2D eigenvalue weighted by molar-refractivity contribution is 5.94. The lowest BCUT2D eigenvalue weighted by Gasteiger charge is -2.10. The lowest BCUT2D eigenvalue weighted by molar-refractivity contribution is 0.432. The van der Waals surface area contributed by atoms with Gasteiger partial charge in [0.1, 0.15) is 5.82 Å². The fourth-order valence-corrected chi connectivity index (χ4v) is 3.20. The second kappa shape index (κ2) is 6.79. The Morgan fingerprint density at radius 2 is 1.72 bits per heavy atom. The quantitative estimate of drug-likeness (QED) is 0.465. The Kier molecular flexibility index (Phi) is 3.98. The van der Waals surface area contributed by atoms with Crippen LogP contribution >= 0.6 is 0 Å². The van der Waals surface area contributed by atoms with E-state index in [1.165, 1.54) is 16.7 Å². The van der Waals surface area contributed by atoms with E-state index in [-0.39, 0.29) is 17.3 Å². The Bertz CT molecular complexity index is 1380. The zero-order chi connectivity index (χ0) is 19.8. The first-order valence-electron chi connectivity index (χ1n) is 8.85. The molecule has 0 aliphatic rings. The Hall–Kier alpha value is -4.13. The van der Waals surface area contributed by atoms with Crippen LogP contribution in [0.5, 0.6) is 0 Å². The first-order valence-corrected chi connectivity index (χ1v) is 8.85. The van der Waals surface area contributed by atoms with Gasteiger partial charge in [0, 0.05) is 40.6 Å². The van der Waals surface area contributed by atoms with Crippen LogP contribution in [0.3, 0.4) is 0 Å². The summed E-state index contributed by atoms with van der Waals surface area (Å²) in [5, 5.41) is 5.23. The van der Waals surface area contributed by atoms with Gasteiger partial charge in [0.05, 0.1) is 5.56 Å². The summed E-state index contributed by atoms with van der Waals surface area (Å²) < 4.78 is 20.3. The van der Waals surface area contributed by atoms with Crippen molar-refractivity contribution in [2.45, 2.75) is 0 Å². The van der Waals surface area contributed by atoms with Crippen LogP contribution in [0, 0.1) is 5.82 Å². The molecule has 2 aromatic carbocycles. The number of halogens is 1. The molecule has 0 aliphatic carbocycles. The molecule has 0 radical (unpaired) electrons. The van der Waals surface area contributed by atoms with Crippen LogP contribution in [0.25, 0.3) is 39.3 Å². The second-order valence-electron chi connectivity index (χ2n) is 6.40. The highest BCUT2D eigenvalue weighted by Gasteiger charge is 2.17. The second-order valence-corrected chi connectivity index (χ2v) is 6.40.